The van der Waals surface area contributed by atoms with Crippen LogP contribution in [0.2, 0.25) is 0 Å². The number of carboxylic acid groups (broad SMARTS) is 1. The Morgan fingerprint density at radius 1 is 1.09 bits per heavy atom. The SMILES string of the molecule is COCC(NC(=O)c1cc(NC(=O)OCC2c3ccccc3-c3ccccc32)on1)C(=O)O. The van der Waals surface area contributed by atoms with Gasteiger partial charge in [-0.3, -0.25) is 10.1 Å². The maximum atomic E-state index is 12.3. The number of carboxylic acids is 1. The van der Waals surface area contributed by atoms with Crippen molar-refractivity contribution in [3.8, 4) is 11.1 Å². The first-order valence-corrected chi connectivity index (χ1v) is 10.1. The van der Waals surface area contributed by atoms with Crippen molar-refractivity contribution in [2.45, 2.75) is 12.0 Å². The summed E-state index contributed by atoms with van der Waals surface area (Å²) in [6.07, 6.45) is -0.775. The highest BCUT2D eigenvalue weighted by Gasteiger charge is 2.29. The number of amides is 2. The summed E-state index contributed by atoms with van der Waals surface area (Å²) in [6, 6.07) is 15.8. The van der Waals surface area contributed by atoms with Crippen molar-refractivity contribution in [2.75, 3.05) is 25.6 Å². The molecule has 0 bridgehead atoms. The summed E-state index contributed by atoms with van der Waals surface area (Å²) in [5.41, 5.74) is 4.18. The molecule has 10 heteroatoms. The molecule has 0 aliphatic heterocycles. The Balaban J connectivity index is 1.36. The van der Waals surface area contributed by atoms with Crippen LogP contribution in [-0.2, 0) is 14.3 Å². The molecular weight excluding hydrogens is 430 g/mol. The molecule has 0 spiro atoms. The van der Waals surface area contributed by atoms with E-state index in [-0.39, 0.29) is 30.7 Å². The van der Waals surface area contributed by atoms with Crippen molar-refractivity contribution in [1.29, 1.82) is 0 Å². The van der Waals surface area contributed by atoms with E-state index in [1.54, 1.807) is 0 Å². The summed E-state index contributed by atoms with van der Waals surface area (Å²) in [4.78, 5) is 35.6. The number of carbonyl (C=O) groups excluding carboxylic acids is 2. The van der Waals surface area contributed by atoms with Crippen LogP contribution in [0.25, 0.3) is 11.1 Å². The number of ether oxygens (including phenoxy) is 2. The van der Waals surface area contributed by atoms with Crippen molar-refractivity contribution < 1.29 is 33.5 Å². The van der Waals surface area contributed by atoms with Gasteiger partial charge in [0.15, 0.2) is 11.7 Å². The highest BCUT2D eigenvalue weighted by atomic mass is 16.6. The number of hydrogen-bond donors (Lipinski definition) is 3. The number of aromatic nitrogens is 1. The molecule has 2 aromatic carbocycles. The average Bonchev–Trinajstić information content (AvgIpc) is 3.40. The van der Waals surface area contributed by atoms with Crippen molar-refractivity contribution in [3.05, 3.63) is 71.4 Å². The molecule has 170 valence electrons. The molecule has 33 heavy (non-hydrogen) atoms. The van der Waals surface area contributed by atoms with E-state index in [0.29, 0.717) is 0 Å². The lowest BCUT2D eigenvalue weighted by atomic mass is 9.98. The Kier molecular flexibility index (Phi) is 6.36. The van der Waals surface area contributed by atoms with Gasteiger partial charge in [-0.1, -0.05) is 53.7 Å². The predicted octanol–water partition coefficient (Wildman–Crippen LogP) is 2.87. The second kappa shape index (κ2) is 9.53. The van der Waals surface area contributed by atoms with Gasteiger partial charge in [-0.25, -0.2) is 9.59 Å². The summed E-state index contributed by atoms with van der Waals surface area (Å²) in [5.74, 6) is -2.27. The fourth-order valence-electron chi connectivity index (χ4n) is 3.75. The third kappa shape index (κ3) is 4.70. The van der Waals surface area contributed by atoms with Gasteiger partial charge in [-0.2, -0.15) is 0 Å². The maximum absolute atomic E-state index is 12.3. The summed E-state index contributed by atoms with van der Waals surface area (Å²) < 4.78 is 15.1. The number of fused-ring (bicyclic) bond motifs is 3. The molecule has 1 unspecified atom stereocenters. The largest absolute Gasteiger partial charge is 0.480 e. The molecule has 1 aromatic heterocycles. The summed E-state index contributed by atoms with van der Waals surface area (Å²) >= 11 is 0. The van der Waals surface area contributed by atoms with E-state index in [4.69, 9.17) is 19.1 Å². The van der Waals surface area contributed by atoms with Crippen LogP contribution in [-0.4, -0.2) is 54.6 Å². The number of carbonyl (C=O) groups is 3. The van der Waals surface area contributed by atoms with Crippen molar-refractivity contribution >= 4 is 23.9 Å². The molecule has 10 nitrogen and oxygen atoms in total. The molecule has 0 saturated heterocycles. The standard InChI is InChI=1S/C23H21N3O7/c1-31-12-19(22(28)29)24-21(27)18-10-20(33-26-18)25-23(30)32-11-17-15-8-4-2-6-13(15)14-7-3-5-9-16(14)17/h2-10,17,19H,11-12H2,1H3,(H,24,27)(H,25,30)(H,28,29). The first-order chi connectivity index (χ1) is 16.0. The highest BCUT2D eigenvalue weighted by molar-refractivity contribution is 5.96. The number of nitrogens with one attached hydrogen (secondary N) is 2. The smallest absolute Gasteiger partial charge is 0.414 e. The second-order valence-electron chi connectivity index (χ2n) is 7.35. The first kappa shape index (κ1) is 22.0. The van der Waals surface area contributed by atoms with Gasteiger partial charge in [0, 0.05) is 19.1 Å². The third-order valence-electron chi connectivity index (χ3n) is 5.25. The number of nitrogens with zero attached hydrogens (tertiary/aromatic N) is 1. The van der Waals surface area contributed by atoms with E-state index < -0.39 is 24.0 Å². The number of methoxy groups -OCH3 is 1. The minimum atomic E-state index is -1.26. The van der Waals surface area contributed by atoms with E-state index in [9.17, 15) is 14.4 Å². The van der Waals surface area contributed by atoms with Gasteiger partial charge in [0.2, 0.25) is 5.88 Å². The molecule has 3 N–H and O–H groups in total. The predicted molar refractivity (Wildman–Crippen MR) is 116 cm³/mol. The van der Waals surface area contributed by atoms with E-state index in [1.807, 2.05) is 48.5 Å². The summed E-state index contributed by atoms with van der Waals surface area (Å²) in [7, 11) is 1.31. The molecule has 1 aliphatic rings. The molecule has 3 aromatic rings. The molecular formula is C23H21N3O7. The average molecular weight is 451 g/mol. The van der Waals surface area contributed by atoms with Crippen LogP contribution in [0.3, 0.4) is 0 Å². The van der Waals surface area contributed by atoms with Crippen molar-refractivity contribution in [2.24, 2.45) is 0 Å². The minimum Gasteiger partial charge on any atom is -0.480 e. The van der Waals surface area contributed by atoms with Gasteiger partial charge in [-0.15, -0.1) is 0 Å². The fraction of sp³-hybridized carbons (Fsp3) is 0.217. The Morgan fingerprint density at radius 2 is 1.73 bits per heavy atom. The lowest BCUT2D eigenvalue weighted by Crippen LogP contribution is -2.43. The van der Waals surface area contributed by atoms with Crippen LogP contribution in [0.1, 0.15) is 27.5 Å². The van der Waals surface area contributed by atoms with Gasteiger partial charge < -0.3 is 24.4 Å². The van der Waals surface area contributed by atoms with Crippen LogP contribution < -0.4 is 10.6 Å². The van der Waals surface area contributed by atoms with Crippen LogP contribution in [0, 0.1) is 0 Å². The van der Waals surface area contributed by atoms with E-state index >= 15 is 0 Å². The van der Waals surface area contributed by atoms with Gasteiger partial charge in [0.1, 0.15) is 6.61 Å². The summed E-state index contributed by atoms with van der Waals surface area (Å²) in [6.45, 7) is -0.109. The quantitative estimate of drug-likeness (QED) is 0.475. The zero-order valence-electron chi connectivity index (χ0n) is 17.6. The van der Waals surface area contributed by atoms with Crippen molar-refractivity contribution in [3.63, 3.8) is 0 Å². The number of hydrogen-bond acceptors (Lipinski definition) is 7. The topological polar surface area (TPSA) is 140 Å². The monoisotopic (exact) mass is 451 g/mol. The molecule has 0 radical (unpaired) electrons. The Morgan fingerprint density at radius 3 is 2.33 bits per heavy atom. The molecule has 0 fully saturated rings. The van der Waals surface area contributed by atoms with Gasteiger partial charge in [-0.05, 0) is 22.3 Å². The molecule has 2 amide bonds. The highest BCUT2D eigenvalue weighted by Crippen LogP contribution is 2.44. The minimum absolute atomic E-state index is 0.104. The normalized spacial score (nSPS) is 13.0. The van der Waals surface area contributed by atoms with E-state index in [0.717, 1.165) is 22.3 Å². The van der Waals surface area contributed by atoms with E-state index in [1.165, 1.54) is 13.2 Å². The number of rotatable bonds is 8. The molecule has 1 aliphatic carbocycles. The first-order valence-electron chi connectivity index (χ1n) is 10.1. The van der Waals surface area contributed by atoms with Gasteiger partial charge in [0.25, 0.3) is 5.91 Å². The Bertz CT molecular complexity index is 1140. The molecule has 1 atom stereocenters. The molecule has 4 rings (SSSR count). The zero-order chi connectivity index (χ0) is 23.4. The lowest BCUT2D eigenvalue weighted by Gasteiger charge is -2.14. The molecule has 0 saturated carbocycles. The Hall–Kier alpha value is -4.18. The van der Waals surface area contributed by atoms with E-state index in [2.05, 4.69) is 15.8 Å². The fourth-order valence-corrected chi connectivity index (χ4v) is 3.75. The van der Waals surface area contributed by atoms with Crippen LogP contribution in [0.5, 0.6) is 0 Å². The number of benzene rings is 2. The maximum Gasteiger partial charge on any atom is 0.414 e. The molecule has 1 heterocycles. The van der Waals surface area contributed by atoms with Crippen LogP contribution in [0.4, 0.5) is 10.7 Å². The number of anilines is 1. The second-order valence-corrected chi connectivity index (χ2v) is 7.35. The van der Waals surface area contributed by atoms with Crippen LogP contribution in [0.15, 0.2) is 59.1 Å². The Labute approximate surface area is 188 Å². The number of aliphatic carboxylic acids is 1. The summed E-state index contributed by atoms with van der Waals surface area (Å²) in [5, 5.41) is 17.3. The van der Waals surface area contributed by atoms with Gasteiger partial charge >= 0.3 is 12.1 Å². The third-order valence-corrected chi connectivity index (χ3v) is 5.25. The van der Waals surface area contributed by atoms with Gasteiger partial charge in [0.05, 0.1) is 6.61 Å². The zero-order valence-corrected chi connectivity index (χ0v) is 17.6. The van der Waals surface area contributed by atoms with Crippen LogP contribution >= 0.6 is 0 Å². The van der Waals surface area contributed by atoms with Crippen molar-refractivity contribution in [1.82, 2.24) is 10.5 Å². The lowest BCUT2D eigenvalue weighted by molar-refractivity contribution is -0.140.